The number of Topliss-reactive ketones (excluding diaryl/α,β-unsaturated/α-hetero) is 1. The predicted octanol–water partition coefficient (Wildman–Crippen LogP) is 4.41. The maximum atomic E-state index is 11.6. The first-order valence-electron chi connectivity index (χ1n) is 6.74. The van der Waals surface area contributed by atoms with Crippen molar-refractivity contribution in [1.29, 1.82) is 0 Å². The molecule has 19 heavy (non-hydrogen) atoms. The summed E-state index contributed by atoms with van der Waals surface area (Å²) in [5, 5.41) is 2.50. The molecular formula is C17H17NO. The first-order chi connectivity index (χ1) is 9.22. The number of nitrogens with zero attached hydrogens (tertiary/aromatic N) is 1. The van der Waals surface area contributed by atoms with Gasteiger partial charge in [-0.2, -0.15) is 0 Å². The molecule has 0 amide bonds. The van der Waals surface area contributed by atoms with Crippen LogP contribution in [0.4, 0.5) is 0 Å². The quantitative estimate of drug-likeness (QED) is 0.632. The molecule has 0 aliphatic carbocycles. The van der Waals surface area contributed by atoms with Crippen molar-refractivity contribution in [3.8, 4) is 0 Å². The molecule has 0 fully saturated rings. The fraction of sp³-hybridized carbons (Fsp3) is 0.235. The molecule has 0 unspecified atom stereocenters. The number of benzene rings is 2. The van der Waals surface area contributed by atoms with E-state index in [2.05, 4.69) is 41.8 Å². The fourth-order valence-corrected chi connectivity index (χ4v) is 2.73. The van der Waals surface area contributed by atoms with Crippen LogP contribution in [0.3, 0.4) is 0 Å². The van der Waals surface area contributed by atoms with Gasteiger partial charge in [-0.1, -0.05) is 37.3 Å². The normalized spacial score (nSPS) is 11.3. The van der Waals surface area contributed by atoms with Crippen LogP contribution in [0.2, 0.25) is 0 Å². The number of aryl methyl sites for hydroxylation is 1. The Morgan fingerprint density at radius 2 is 1.79 bits per heavy atom. The van der Waals surface area contributed by atoms with Crippen LogP contribution in [0.5, 0.6) is 0 Å². The van der Waals surface area contributed by atoms with E-state index in [1.54, 1.807) is 6.92 Å². The topological polar surface area (TPSA) is 22.0 Å². The highest BCUT2D eigenvalue weighted by atomic mass is 16.1. The van der Waals surface area contributed by atoms with Gasteiger partial charge in [-0.25, -0.2) is 0 Å². The minimum Gasteiger partial charge on any atom is -0.340 e. The van der Waals surface area contributed by atoms with Crippen molar-refractivity contribution < 1.29 is 4.79 Å². The third-order valence-corrected chi connectivity index (χ3v) is 3.63. The zero-order valence-corrected chi connectivity index (χ0v) is 11.3. The molecule has 0 N–H and O–H groups in total. The molecular weight excluding hydrogens is 234 g/mol. The van der Waals surface area contributed by atoms with E-state index in [1.165, 1.54) is 16.3 Å². The summed E-state index contributed by atoms with van der Waals surface area (Å²) in [4.78, 5) is 11.6. The molecule has 96 valence electrons. The highest BCUT2D eigenvalue weighted by molar-refractivity contribution is 6.10. The number of aromatic nitrogens is 1. The van der Waals surface area contributed by atoms with Crippen LogP contribution in [-0.2, 0) is 6.54 Å². The third kappa shape index (κ3) is 1.84. The van der Waals surface area contributed by atoms with Crippen LogP contribution in [0, 0.1) is 0 Å². The molecule has 0 aliphatic heterocycles. The van der Waals surface area contributed by atoms with Gasteiger partial charge < -0.3 is 4.57 Å². The Balaban J connectivity index is 2.42. The van der Waals surface area contributed by atoms with Crippen molar-refractivity contribution in [3.63, 3.8) is 0 Å². The summed E-state index contributed by atoms with van der Waals surface area (Å²) in [6.07, 6.45) is 1.08. The zero-order chi connectivity index (χ0) is 13.4. The Labute approximate surface area is 112 Å². The fourth-order valence-electron chi connectivity index (χ4n) is 2.73. The van der Waals surface area contributed by atoms with Crippen molar-refractivity contribution in [1.82, 2.24) is 4.57 Å². The van der Waals surface area contributed by atoms with Gasteiger partial charge in [0.2, 0.25) is 0 Å². The molecule has 0 bridgehead atoms. The minimum absolute atomic E-state index is 0.121. The summed E-state index contributed by atoms with van der Waals surface area (Å²) in [6.45, 7) is 4.77. The second-order valence-electron chi connectivity index (χ2n) is 4.96. The summed E-state index contributed by atoms with van der Waals surface area (Å²) in [6, 6.07) is 14.5. The molecule has 0 aliphatic rings. The SMILES string of the molecule is CCCn1c2ccccc2c2ccc(C(C)=O)cc21. The Kier molecular flexibility index (Phi) is 2.86. The van der Waals surface area contributed by atoms with Crippen molar-refractivity contribution in [2.75, 3.05) is 0 Å². The molecule has 1 aromatic heterocycles. The molecule has 0 spiro atoms. The zero-order valence-electron chi connectivity index (χ0n) is 11.3. The molecule has 3 aromatic rings. The van der Waals surface area contributed by atoms with E-state index in [0.29, 0.717) is 0 Å². The van der Waals surface area contributed by atoms with Gasteiger partial charge in [0.25, 0.3) is 0 Å². The van der Waals surface area contributed by atoms with E-state index in [1.807, 2.05) is 12.1 Å². The smallest absolute Gasteiger partial charge is 0.159 e. The molecule has 0 saturated carbocycles. The van der Waals surface area contributed by atoms with Gasteiger partial charge in [-0.3, -0.25) is 4.79 Å². The van der Waals surface area contributed by atoms with Gasteiger partial charge in [-0.05, 0) is 25.5 Å². The summed E-state index contributed by atoms with van der Waals surface area (Å²) in [7, 11) is 0. The average molecular weight is 251 g/mol. The highest BCUT2D eigenvalue weighted by Crippen LogP contribution is 2.29. The molecule has 2 nitrogen and oxygen atoms in total. The first kappa shape index (κ1) is 12.0. The van der Waals surface area contributed by atoms with Crippen LogP contribution < -0.4 is 0 Å². The minimum atomic E-state index is 0.121. The lowest BCUT2D eigenvalue weighted by Crippen LogP contribution is -1.97. The Hall–Kier alpha value is -2.09. The second-order valence-corrected chi connectivity index (χ2v) is 4.96. The molecule has 2 heteroatoms. The molecule has 2 aromatic carbocycles. The van der Waals surface area contributed by atoms with Crippen LogP contribution in [0.25, 0.3) is 21.8 Å². The molecule has 3 rings (SSSR count). The van der Waals surface area contributed by atoms with Crippen LogP contribution >= 0.6 is 0 Å². The molecule has 0 atom stereocenters. The number of para-hydroxylation sites is 1. The van der Waals surface area contributed by atoms with Crippen molar-refractivity contribution in [3.05, 3.63) is 48.0 Å². The highest BCUT2D eigenvalue weighted by Gasteiger charge is 2.11. The first-order valence-corrected chi connectivity index (χ1v) is 6.74. The third-order valence-electron chi connectivity index (χ3n) is 3.63. The number of rotatable bonds is 3. The lowest BCUT2D eigenvalue weighted by atomic mass is 10.1. The lowest BCUT2D eigenvalue weighted by Gasteiger charge is -2.05. The molecule has 1 heterocycles. The van der Waals surface area contributed by atoms with Crippen LogP contribution in [-0.4, -0.2) is 10.4 Å². The summed E-state index contributed by atoms with van der Waals surface area (Å²) >= 11 is 0. The number of ketones is 1. The number of fused-ring (bicyclic) bond motifs is 3. The molecule has 0 radical (unpaired) electrons. The number of hydrogen-bond acceptors (Lipinski definition) is 1. The van der Waals surface area contributed by atoms with E-state index < -0.39 is 0 Å². The van der Waals surface area contributed by atoms with Gasteiger partial charge in [0.15, 0.2) is 5.78 Å². The van der Waals surface area contributed by atoms with Crippen molar-refractivity contribution in [2.45, 2.75) is 26.8 Å². The molecule has 0 saturated heterocycles. The van der Waals surface area contributed by atoms with E-state index in [9.17, 15) is 4.79 Å². The predicted molar refractivity (Wildman–Crippen MR) is 79.7 cm³/mol. The number of carbonyl (C=O) groups excluding carboxylic acids is 1. The summed E-state index contributed by atoms with van der Waals surface area (Å²) in [5.41, 5.74) is 3.20. The standard InChI is InChI=1S/C17H17NO/c1-3-10-18-16-7-5-4-6-14(16)15-9-8-13(12(2)19)11-17(15)18/h4-9,11H,3,10H2,1-2H3. The van der Waals surface area contributed by atoms with E-state index in [0.717, 1.165) is 24.0 Å². The second kappa shape index (κ2) is 4.54. The van der Waals surface area contributed by atoms with Gasteiger partial charge in [0.1, 0.15) is 0 Å². The maximum absolute atomic E-state index is 11.6. The average Bonchev–Trinajstić information content (AvgIpc) is 2.74. The van der Waals surface area contributed by atoms with E-state index in [-0.39, 0.29) is 5.78 Å². The largest absolute Gasteiger partial charge is 0.340 e. The van der Waals surface area contributed by atoms with E-state index >= 15 is 0 Å². The van der Waals surface area contributed by atoms with E-state index in [4.69, 9.17) is 0 Å². The van der Waals surface area contributed by atoms with Gasteiger partial charge in [0.05, 0.1) is 0 Å². The van der Waals surface area contributed by atoms with Gasteiger partial charge in [0, 0.05) is 33.9 Å². The monoisotopic (exact) mass is 251 g/mol. The van der Waals surface area contributed by atoms with Crippen molar-refractivity contribution in [2.24, 2.45) is 0 Å². The van der Waals surface area contributed by atoms with Crippen LogP contribution in [0.1, 0.15) is 30.6 Å². The van der Waals surface area contributed by atoms with Crippen molar-refractivity contribution >= 4 is 27.6 Å². The summed E-state index contributed by atoms with van der Waals surface area (Å²) in [5.74, 6) is 0.121. The Morgan fingerprint density at radius 3 is 2.53 bits per heavy atom. The van der Waals surface area contributed by atoms with Gasteiger partial charge in [-0.15, -0.1) is 0 Å². The number of hydrogen-bond donors (Lipinski definition) is 0. The number of carbonyl (C=O) groups is 1. The Morgan fingerprint density at radius 1 is 1.05 bits per heavy atom. The summed E-state index contributed by atoms with van der Waals surface area (Å²) < 4.78 is 2.32. The Bertz CT molecular complexity index is 767. The van der Waals surface area contributed by atoms with Crippen LogP contribution in [0.15, 0.2) is 42.5 Å². The lowest BCUT2D eigenvalue weighted by molar-refractivity contribution is 0.101. The van der Waals surface area contributed by atoms with Gasteiger partial charge >= 0.3 is 0 Å². The maximum Gasteiger partial charge on any atom is 0.159 e.